The summed E-state index contributed by atoms with van der Waals surface area (Å²) in [6.07, 6.45) is 3.25. The molecule has 3 heteroatoms. The molecular weight excluding hydrogens is 214 g/mol. The molecular formula is C14H13NO2. The molecule has 0 saturated carbocycles. The summed E-state index contributed by atoms with van der Waals surface area (Å²) in [6.45, 7) is 1.92. The molecule has 1 aromatic carbocycles. The molecule has 0 spiro atoms. The Labute approximate surface area is 100 Å². The van der Waals surface area contributed by atoms with Gasteiger partial charge in [0, 0.05) is 18.0 Å². The number of aryl methyl sites for hydroxylation is 1. The van der Waals surface area contributed by atoms with Crippen LogP contribution in [0.4, 0.5) is 0 Å². The SMILES string of the molecule is Cc1ccncc1C(=O)COc1ccccc1. The average molecular weight is 227 g/mol. The Morgan fingerprint density at radius 1 is 1.24 bits per heavy atom. The van der Waals surface area contributed by atoms with Crippen LogP contribution in [0.15, 0.2) is 48.8 Å². The number of hydrogen-bond acceptors (Lipinski definition) is 3. The van der Waals surface area contributed by atoms with Crippen molar-refractivity contribution < 1.29 is 9.53 Å². The van der Waals surface area contributed by atoms with Crippen molar-refractivity contribution in [3.63, 3.8) is 0 Å². The van der Waals surface area contributed by atoms with Crippen LogP contribution in [0.3, 0.4) is 0 Å². The average Bonchev–Trinajstić information content (AvgIpc) is 2.38. The number of benzene rings is 1. The summed E-state index contributed by atoms with van der Waals surface area (Å²) in [7, 11) is 0. The predicted molar refractivity (Wildman–Crippen MR) is 65.2 cm³/mol. The van der Waals surface area contributed by atoms with E-state index in [0.717, 1.165) is 5.56 Å². The van der Waals surface area contributed by atoms with Crippen molar-refractivity contribution in [2.75, 3.05) is 6.61 Å². The molecule has 1 heterocycles. The minimum absolute atomic E-state index is 0.0382. The molecule has 3 nitrogen and oxygen atoms in total. The predicted octanol–water partition coefficient (Wildman–Crippen LogP) is 2.65. The molecule has 0 fully saturated rings. The van der Waals surface area contributed by atoms with Gasteiger partial charge in [0.25, 0.3) is 0 Å². The molecule has 0 atom stereocenters. The lowest BCUT2D eigenvalue weighted by Crippen LogP contribution is -2.13. The highest BCUT2D eigenvalue weighted by atomic mass is 16.5. The first-order valence-corrected chi connectivity index (χ1v) is 5.39. The Morgan fingerprint density at radius 2 is 2.00 bits per heavy atom. The van der Waals surface area contributed by atoms with E-state index in [4.69, 9.17) is 4.74 Å². The second-order valence-electron chi connectivity index (χ2n) is 3.72. The zero-order valence-corrected chi connectivity index (χ0v) is 9.59. The van der Waals surface area contributed by atoms with Gasteiger partial charge in [0.05, 0.1) is 0 Å². The zero-order chi connectivity index (χ0) is 12.1. The second kappa shape index (κ2) is 5.25. The number of hydrogen-bond donors (Lipinski definition) is 0. The minimum atomic E-state index is -0.0561. The smallest absolute Gasteiger partial charge is 0.202 e. The molecule has 0 amide bonds. The first kappa shape index (κ1) is 11.3. The molecule has 0 bridgehead atoms. The van der Waals surface area contributed by atoms with Crippen LogP contribution in [-0.4, -0.2) is 17.4 Å². The van der Waals surface area contributed by atoms with E-state index in [1.54, 1.807) is 12.4 Å². The Balaban J connectivity index is 2.01. The van der Waals surface area contributed by atoms with E-state index in [0.29, 0.717) is 11.3 Å². The number of nitrogens with zero attached hydrogens (tertiary/aromatic N) is 1. The Bertz CT molecular complexity index is 509. The first-order chi connectivity index (χ1) is 8.27. The van der Waals surface area contributed by atoms with Crippen molar-refractivity contribution in [2.24, 2.45) is 0 Å². The molecule has 86 valence electrons. The highest BCUT2D eigenvalue weighted by molar-refractivity contribution is 5.98. The quantitative estimate of drug-likeness (QED) is 0.754. The van der Waals surface area contributed by atoms with Crippen molar-refractivity contribution in [3.8, 4) is 5.75 Å². The summed E-state index contributed by atoms with van der Waals surface area (Å²) >= 11 is 0. The van der Waals surface area contributed by atoms with Gasteiger partial charge < -0.3 is 4.74 Å². The molecule has 1 aromatic heterocycles. The van der Waals surface area contributed by atoms with E-state index >= 15 is 0 Å². The van der Waals surface area contributed by atoms with Crippen molar-refractivity contribution in [3.05, 3.63) is 59.9 Å². The van der Waals surface area contributed by atoms with Crippen molar-refractivity contribution in [1.82, 2.24) is 4.98 Å². The van der Waals surface area contributed by atoms with Crippen LogP contribution in [-0.2, 0) is 0 Å². The van der Waals surface area contributed by atoms with Gasteiger partial charge in [-0.2, -0.15) is 0 Å². The van der Waals surface area contributed by atoms with Gasteiger partial charge in [0.2, 0.25) is 5.78 Å². The van der Waals surface area contributed by atoms with E-state index in [9.17, 15) is 4.79 Å². The van der Waals surface area contributed by atoms with Crippen LogP contribution in [0.25, 0.3) is 0 Å². The van der Waals surface area contributed by atoms with Crippen LogP contribution in [0.2, 0.25) is 0 Å². The van der Waals surface area contributed by atoms with Crippen LogP contribution in [0, 0.1) is 6.92 Å². The lowest BCUT2D eigenvalue weighted by atomic mass is 10.1. The molecule has 0 aliphatic rings. The van der Waals surface area contributed by atoms with E-state index in [1.807, 2.05) is 43.3 Å². The third-order valence-corrected chi connectivity index (χ3v) is 2.45. The maximum Gasteiger partial charge on any atom is 0.202 e. The van der Waals surface area contributed by atoms with Crippen LogP contribution in [0.1, 0.15) is 15.9 Å². The Kier molecular flexibility index (Phi) is 3.50. The molecule has 0 radical (unpaired) electrons. The summed E-state index contributed by atoms with van der Waals surface area (Å²) in [5, 5.41) is 0. The van der Waals surface area contributed by atoms with Gasteiger partial charge in [-0.25, -0.2) is 0 Å². The topological polar surface area (TPSA) is 39.2 Å². The van der Waals surface area contributed by atoms with Crippen LogP contribution in [0.5, 0.6) is 5.75 Å². The summed E-state index contributed by atoms with van der Waals surface area (Å²) in [4.78, 5) is 15.8. The number of ether oxygens (including phenoxy) is 1. The summed E-state index contributed by atoms with van der Waals surface area (Å²) in [5.74, 6) is 0.641. The largest absolute Gasteiger partial charge is 0.485 e. The van der Waals surface area contributed by atoms with Gasteiger partial charge in [0.15, 0.2) is 6.61 Å². The Morgan fingerprint density at radius 3 is 2.71 bits per heavy atom. The molecule has 0 aliphatic carbocycles. The Hall–Kier alpha value is -2.16. The summed E-state index contributed by atoms with van der Waals surface area (Å²) in [5.41, 5.74) is 1.53. The minimum Gasteiger partial charge on any atom is -0.485 e. The molecule has 0 aliphatic heterocycles. The summed E-state index contributed by atoms with van der Waals surface area (Å²) in [6, 6.07) is 11.1. The van der Waals surface area contributed by atoms with Gasteiger partial charge in [-0.3, -0.25) is 9.78 Å². The number of carbonyl (C=O) groups is 1. The first-order valence-electron chi connectivity index (χ1n) is 5.39. The highest BCUT2D eigenvalue weighted by Gasteiger charge is 2.09. The molecule has 0 N–H and O–H groups in total. The molecule has 0 saturated heterocycles. The van der Waals surface area contributed by atoms with Crippen LogP contribution < -0.4 is 4.74 Å². The van der Waals surface area contributed by atoms with Gasteiger partial charge in [-0.15, -0.1) is 0 Å². The van der Waals surface area contributed by atoms with E-state index in [2.05, 4.69) is 4.98 Å². The number of carbonyl (C=O) groups excluding carboxylic acids is 1. The van der Waals surface area contributed by atoms with Crippen molar-refractivity contribution in [1.29, 1.82) is 0 Å². The molecule has 2 rings (SSSR count). The molecule has 0 unspecified atom stereocenters. The van der Waals surface area contributed by atoms with Gasteiger partial charge in [-0.05, 0) is 30.7 Å². The van der Waals surface area contributed by atoms with E-state index in [1.165, 1.54) is 0 Å². The molecule has 17 heavy (non-hydrogen) atoms. The van der Waals surface area contributed by atoms with Gasteiger partial charge in [0.1, 0.15) is 5.75 Å². The number of Topliss-reactive ketones (excluding diaryl/α,β-unsaturated/α-hetero) is 1. The number of aromatic nitrogens is 1. The highest BCUT2D eigenvalue weighted by Crippen LogP contribution is 2.10. The zero-order valence-electron chi connectivity index (χ0n) is 9.59. The van der Waals surface area contributed by atoms with E-state index < -0.39 is 0 Å². The maximum absolute atomic E-state index is 11.9. The van der Waals surface area contributed by atoms with Crippen LogP contribution >= 0.6 is 0 Å². The number of ketones is 1. The van der Waals surface area contributed by atoms with Crippen molar-refractivity contribution >= 4 is 5.78 Å². The number of rotatable bonds is 4. The standard InChI is InChI=1S/C14H13NO2/c1-11-7-8-15-9-13(11)14(16)10-17-12-5-3-2-4-6-12/h2-9H,10H2,1H3. The lowest BCUT2D eigenvalue weighted by Gasteiger charge is -2.06. The number of pyridine rings is 1. The fourth-order valence-electron chi connectivity index (χ4n) is 1.50. The van der Waals surface area contributed by atoms with E-state index in [-0.39, 0.29) is 12.4 Å². The fourth-order valence-corrected chi connectivity index (χ4v) is 1.50. The fraction of sp³-hybridized carbons (Fsp3) is 0.143. The maximum atomic E-state index is 11.9. The monoisotopic (exact) mass is 227 g/mol. The second-order valence-corrected chi connectivity index (χ2v) is 3.72. The normalized spacial score (nSPS) is 9.94. The third kappa shape index (κ3) is 2.91. The van der Waals surface area contributed by atoms with Gasteiger partial charge >= 0.3 is 0 Å². The van der Waals surface area contributed by atoms with Crippen molar-refractivity contribution in [2.45, 2.75) is 6.92 Å². The molecule has 2 aromatic rings. The lowest BCUT2D eigenvalue weighted by molar-refractivity contribution is 0.0920. The number of para-hydroxylation sites is 1. The summed E-state index contributed by atoms with van der Waals surface area (Å²) < 4.78 is 5.40. The third-order valence-electron chi connectivity index (χ3n) is 2.45. The van der Waals surface area contributed by atoms with Gasteiger partial charge in [-0.1, -0.05) is 18.2 Å².